The van der Waals surface area contributed by atoms with E-state index in [2.05, 4.69) is 48.3 Å². The number of carbonyl (C=O) groups is 6. The van der Waals surface area contributed by atoms with E-state index in [-0.39, 0.29) is 60.5 Å². The highest BCUT2D eigenvalue weighted by Gasteiger charge is 2.69. The summed E-state index contributed by atoms with van der Waals surface area (Å²) in [5.41, 5.74) is -0.206. The molecule has 0 aromatic rings. The van der Waals surface area contributed by atoms with Crippen molar-refractivity contribution in [3.63, 3.8) is 0 Å². The fourth-order valence-corrected chi connectivity index (χ4v) is 7.09. The average molecular weight is 644 g/mol. The number of Topliss-reactive ketones (excluding diaryl/α,β-unsaturated/α-hetero) is 1. The Morgan fingerprint density at radius 1 is 0.978 bits per heavy atom. The molecule has 7 atom stereocenters. The van der Waals surface area contributed by atoms with Crippen molar-refractivity contribution in [1.82, 2.24) is 26.2 Å². The van der Waals surface area contributed by atoms with Crippen LogP contribution in [-0.4, -0.2) is 84.8 Å². The van der Waals surface area contributed by atoms with Crippen molar-refractivity contribution in [3.8, 4) is 0 Å². The fraction of sp³-hybridized carbons (Fsp3) is 0.706. The molecule has 1 saturated heterocycles. The zero-order valence-corrected chi connectivity index (χ0v) is 28.1. The van der Waals surface area contributed by atoms with Crippen LogP contribution < -0.4 is 21.3 Å². The monoisotopic (exact) mass is 643 g/mol. The van der Waals surface area contributed by atoms with E-state index in [0.717, 1.165) is 0 Å². The summed E-state index contributed by atoms with van der Waals surface area (Å²) in [7, 11) is 0. The smallest absolute Gasteiger partial charge is 0.407 e. The normalized spacial score (nSPS) is 25.7. The highest BCUT2D eigenvalue weighted by Crippen LogP contribution is 2.65. The first-order chi connectivity index (χ1) is 21.8. The minimum absolute atomic E-state index is 0.0562. The number of ether oxygens (including phenoxy) is 1. The second kappa shape index (κ2) is 16.2. The molecule has 5 amide bonds. The van der Waals surface area contributed by atoms with Gasteiger partial charge in [-0.25, -0.2) is 4.79 Å². The van der Waals surface area contributed by atoms with Crippen LogP contribution in [0.4, 0.5) is 4.79 Å². The van der Waals surface area contributed by atoms with Crippen LogP contribution in [0.15, 0.2) is 25.3 Å². The van der Waals surface area contributed by atoms with Crippen molar-refractivity contribution in [2.45, 2.75) is 91.3 Å². The van der Waals surface area contributed by atoms with E-state index in [9.17, 15) is 28.8 Å². The summed E-state index contributed by atoms with van der Waals surface area (Å²) < 4.78 is 5.39. The largest absolute Gasteiger partial charge is 0.449 e. The molecule has 0 bridgehead atoms. The molecule has 3 rings (SSSR count). The Morgan fingerprint density at radius 2 is 1.65 bits per heavy atom. The number of nitrogens with one attached hydrogen (secondary N) is 4. The van der Waals surface area contributed by atoms with Gasteiger partial charge in [-0.05, 0) is 54.8 Å². The van der Waals surface area contributed by atoms with Gasteiger partial charge in [0.1, 0.15) is 12.1 Å². The molecule has 3 aliphatic rings. The minimum atomic E-state index is -1.05. The number of likely N-dealkylation sites (tertiary alicyclic amines) is 1. The maximum absolute atomic E-state index is 14.5. The molecule has 0 spiro atoms. The predicted molar refractivity (Wildman–Crippen MR) is 173 cm³/mol. The lowest BCUT2D eigenvalue weighted by atomic mass is 9.76. The highest BCUT2D eigenvalue weighted by molar-refractivity contribution is 6.38. The van der Waals surface area contributed by atoms with Crippen molar-refractivity contribution in [1.29, 1.82) is 0 Å². The molecule has 2 aliphatic carbocycles. The molecular weight excluding hydrogens is 590 g/mol. The number of alkyl carbamates (subject to hydrolysis) is 1. The predicted octanol–water partition coefficient (Wildman–Crippen LogP) is 2.49. The number of hydrogen-bond donors (Lipinski definition) is 4. The van der Waals surface area contributed by atoms with E-state index in [1.165, 1.54) is 11.0 Å². The standard InChI is InChI=1S/C34H53N5O7/c1-8-12-24(28(40)31(43)36-16-10-3)37-30(42)27-25-23(34(25,6)7)18-39(27)32(44)26(38-33(45)46-19-20(4)5)21-13-11-14-22(17-21)29(41)35-15-9-2/h9-10,20-27H,2-3,8,11-19H2,1,4-7H3,(H,35,41)(H,36,43)(H,37,42)(H,38,45)/t21?,22-,23?,24?,25?,26?,27?/m1/s1. The lowest BCUT2D eigenvalue weighted by Gasteiger charge is -2.38. The molecule has 46 heavy (non-hydrogen) atoms. The third-order valence-electron chi connectivity index (χ3n) is 9.67. The summed E-state index contributed by atoms with van der Waals surface area (Å²) in [6.45, 7) is 17.9. The summed E-state index contributed by atoms with van der Waals surface area (Å²) in [5, 5.41) is 10.9. The Labute approximate surface area is 272 Å². The Balaban J connectivity index is 1.87. The third-order valence-corrected chi connectivity index (χ3v) is 9.67. The first kappa shape index (κ1) is 36.8. The van der Waals surface area contributed by atoms with Crippen molar-refractivity contribution >= 4 is 35.5 Å². The summed E-state index contributed by atoms with van der Waals surface area (Å²) in [4.78, 5) is 81.2. The maximum Gasteiger partial charge on any atom is 0.407 e. The molecule has 2 saturated carbocycles. The van der Waals surface area contributed by atoms with Gasteiger partial charge in [-0.1, -0.05) is 59.6 Å². The van der Waals surface area contributed by atoms with E-state index in [4.69, 9.17) is 4.74 Å². The van der Waals surface area contributed by atoms with Gasteiger partial charge < -0.3 is 30.9 Å². The second-order valence-electron chi connectivity index (χ2n) is 13.9. The molecule has 6 unspecified atom stereocenters. The molecule has 1 aliphatic heterocycles. The van der Waals surface area contributed by atoms with Crippen molar-refractivity contribution in [2.75, 3.05) is 26.2 Å². The van der Waals surface area contributed by atoms with E-state index in [0.29, 0.717) is 45.2 Å². The molecular formula is C34H53N5O7. The maximum atomic E-state index is 14.5. The SMILES string of the molecule is C=CCNC(=O)C(=O)C(CCC)NC(=O)C1C2C(CN1C(=O)C(NC(=O)OCC(C)C)C1CCC[C@@H](C(=O)NCC=C)C1)C2(C)C. The Bertz CT molecular complexity index is 1180. The summed E-state index contributed by atoms with van der Waals surface area (Å²) in [6.07, 6.45) is 5.50. The lowest BCUT2D eigenvalue weighted by molar-refractivity contribution is -0.145. The van der Waals surface area contributed by atoms with E-state index in [1.54, 1.807) is 6.08 Å². The third kappa shape index (κ3) is 8.76. The van der Waals surface area contributed by atoms with E-state index in [1.807, 2.05) is 20.8 Å². The number of piperidine rings is 1. The molecule has 0 aromatic carbocycles. The zero-order chi connectivity index (χ0) is 34.2. The highest BCUT2D eigenvalue weighted by atomic mass is 16.5. The van der Waals surface area contributed by atoms with Gasteiger partial charge in [0.15, 0.2) is 0 Å². The molecule has 12 heteroatoms. The first-order valence-electron chi connectivity index (χ1n) is 16.6. The van der Waals surface area contributed by atoms with Crippen molar-refractivity contribution in [2.24, 2.45) is 35.0 Å². The Morgan fingerprint density at radius 3 is 2.28 bits per heavy atom. The quantitative estimate of drug-likeness (QED) is 0.148. The van der Waals surface area contributed by atoms with Gasteiger partial charge in [0.05, 0.1) is 12.6 Å². The van der Waals surface area contributed by atoms with Crippen LogP contribution in [0.25, 0.3) is 0 Å². The van der Waals surface area contributed by atoms with Crippen LogP contribution in [0.3, 0.4) is 0 Å². The molecule has 1 heterocycles. The van der Waals surface area contributed by atoms with Gasteiger partial charge in [0.25, 0.3) is 5.91 Å². The van der Waals surface area contributed by atoms with Crippen LogP contribution >= 0.6 is 0 Å². The number of nitrogens with zero attached hydrogens (tertiary/aromatic N) is 1. The van der Waals surface area contributed by atoms with Gasteiger partial charge >= 0.3 is 6.09 Å². The van der Waals surface area contributed by atoms with Gasteiger partial charge in [0, 0.05) is 25.6 Å². The van der Waals surface area contributed by atoms with Crippen LogP contribution in [0, 0.1) is 35.0 Å². The van der Waals surface area contributed by atoms with E-state index >= 15 is 0 Å². The van der Waals surface area contributed by atoms with Crippen molar-refractivity contribution < 1.29 is 33.5 Å². The van der Waals surface area contributed by atoms with Gasteiger partial charge in [-0.2, -0.15) is 0 Å². The topological polar surface area (TPSA) is 163 Å². The molecule has 0 aromatic heterocycles. The number of ketones is 1. The number of rotatable bonds is 16. The number of carbonyl (C=O) groups excluding carboxylic acids is 6. The molecule has 12 nitrogen and oxygen atoms in total. The Hall–Kier alpha value is -3.70. The van der Waals surface area contributed by atoms with Crippen LogP contribution in [0.2, 0.25) is 0 Å². The summed E-state index contributed by atoms with van der Waals surface area (Å²) in [6, 6.07) is -2.95. The average Bonchev–Trinajstić information content (AvgIpc) is 3.34. The van der Waals surface area contributed by atoms with Crippen LogP contribution in [0.5, 0.6) is 0 Å². The van der Waals surface area contributed by atoms with Gasteiger partial charge in [-0.3, -0.25) is 24.0 Å². The molecule has 3 fully saturated rings. The van der Waals surface area contributed by atoms with Gasteiger partial charge in [0.2, 0.25) is 23.5 Å². The molecule has 256 valence electrons. The fourth-order valence-electron chi connectivity index (χ4n) is 7.09. The lowest BCUT2D eigenvalue weighted by Crippen LogP contribution is -2.60. The summed E-state index contributed by atoms with van der Waals surface area (Å²) in [5.74, 6) is -3.30. The molecule has 4 N–H and O–H groups in total. The first-order valence-corrected chi connectivity index (χ1v) is 16.6. The minimum Gasteiger partial charge on any atom is -0.449 e. The van der Waals surface area contributed by atoms with Gasteiger partial charge in [-0.15, -0.1) is 13.2 Å². The zero-order valence-electron chi connectivity index (χ0n) is 28.1. The van der Waals surface area contributed by atoms with E-state index < -0.39 is 47.7 Å². The molecule has 0 radical (unpaired) electrons. The number of hydrogen-bond acceptors (Lipinski definition) is 7. The summed E-state index contributed by atoms with van der Waals surface area (Å²) >= 11 is 0. The second-order valence-corrected chi connectivity index (χ2v) is 13.9. The number of amides is 5. The van der Waals surface area contributed by atoms with Crippen LogP contribution in [0.1, 0.15) is 73.1 Å². The Kier molecular flexibility index (Phi) is 13.0. The van der Waals surface area contributed by atoms with Crippen molar-refractivity contribution in [3.05, 3.63) is 25.3 Å². The van der Waals surface area contributed by atoms with Crippen LogP contribution in [-0.2, 0) is 28.7 Å². The number of fused-ring (bicyclic) bond motifs is 1.